The number of furan rings is 1. The molecule has 0 aliphatic rings. The molecular formula is C18H17F2N3OS. The Hall–Kier alpha value is -2.41. The molecule has 0 radical (unpaired) electrons. The summed E-state index contributed by atoms with van der Waals surface area (Å²) in [6.07, 6.45) is 3.33. The van der Waals surface area contributed by atoms with E-state index in [4.69, 9.17) is 4.42 Å². The van der Waals surface area contributed by atoms with Gasteiger partial charge in [-0.05, 0) is 38.1 Å². The summed E-state index contributed by atoms with van der Waals surface area (Å²) >= 11 is 1.31. The van der Waals surface area contributed by atoms with E-state index in [0.29, 0.717) is 23.1 Å². The minimum atomic E-state index is -0.467. The zero-order valence-corrected chi connectivity index (χ0v) is 14.7. The van der Waals surface area contributed by atoms with E-state index in [9.17, 15) is 8.78 Å². The fourth-order valence-electron chi connectivity index (χ4n) is 2.53. The van der Waals surface area contributed by atoms with Crippen LogP contribution in [0.1, 0.15) is 23.5 Å². The molecule has 0 aliphatic carbocycles. The summed E-state index contributed by atoms with van der Waals surface area (Å²) in [5, 5.41) is 8.73. The predicted octanol–water partition coefficient (Wildman–Crippen LogP) is 5.16. The molecule has 1 atom stereocenters. The highest BCUT2D eigenvalue weighted by molar-refractivity contribution is 7.99. The van der Waals surface area contributed by atoms with Crippen molar-refractivity contribution in [3.63, 3.8) is 0 Å². The van der Waals surface area contributed by atoms with E-state index < -0.39 is 11.6 Å². The molecule has 7 heteroatoms. The molecule has 0 spiro atoms. The van der Waals surface area contributed by atoms with Crippen molar-refractivity contribution in [3.8, 4) is 11.4 Å². The SMILES string of the molecule is C=CCn1c(SC(C)c2cc(F)ccc2F)nnc1-c1ccoc1C. The molecule has 1 aromatic carbocycles. The van der Waals surface area contributed by atoms with Crippen molar-refractivity contribution in [2.75, 3.05) is 0 Å². The first-order valence-electron chi connectivity index (χ1n) is 7.71. The summed E-state index contributed by atoms with van der Waals surface area (Å²) in [6.45, 7) is 7.91. The van der Waals surface area contributed by atoms with Crippen LogP contribution in [0.15, 0.2) is 52.8 Å². The first-order chi connectivity index (χ1) is 12.0. The number of hydrogen-bond donors (Lipinski definition) is 0. The molecule has 2 heterocycles. The predicted molar refractivity (Wildman–Crippen MR) is 93.3 cm³/mol. The van der Waals surface area contributed by atoms with Gasteiger partial charge in [0, 0.05) is 17.4 Å². The fourth-order valence-corrected chi connectivity index (χ4v) is 3.53. The number of nitrogens with zero attached hydrogens (tertiary/aromatic N) is 3. The van der Waals surface area contributed by atoms with Crippen LogP contribution in [0.5, 0.6) is 0 Å². The molecule has 0 saturated carbocycles. The van der Waals surface area contributed by atoms with Gasteiger partial charge < -0.3 is 4.42 Å². The molecule has 0 bridgehead atoms. The number of thioether (sulfide) groups is 1. The molecule has 0 fully saturated rings. The van der Waals surface area contributed by atoms with E-state index in [1.165, 1.54) is 17.8 Å². The largest absolute Gasteiger partial charge is 0.469 e. The minimum Gasteiger partial charge on any atom is -0.469 e. The Kier molecular flexibility index (Phi) is 5.03. The maximum absolute atomic E-state index is 14.0. The standard InChI is InChI=1S/C18H17F2N3OS/c1-4-8-23-17(14-7-9-24-11(14)2)21-22-18(23)25-12(3)15-10-13(19)5-6-16(15)20/h4-7,9-10,12H,1,8H2,2-3H3. The Labute approximate surface area is 148 Å². The van der Waals surface area contributed by atoms with E-state index in [2.05, 4.69) is 16.8 Å². The van der Waals surface area contributed by atoms with Crippen molar-refractivity contribution in [1.82, 2.24) is 14.8 Å². The first kappa shape index (κ1) is 17.4. The van der Waals surface area contributed by atoms with Crippen LogP contribution in [-0.4, -0.2) is 14.8 Å². The lowest BCUT2D eigenvalue weighted by Crippen LogP contribution is -2.02. The van der Waals surface area contributed by atoms with Gasteiger partial charge >= 0.3 is 0 Å². The second kappa shape index (κ2) is 7.23. The molecule has 0 N–H and O–H groups in total. The lowest BCUT2D eigenvalue weighted by molar-refractivity contribution is 0.534. The number of rotatable bonds is 6. The van der Waals surface area contributed by atoms with E-state index in [1.54, 1.807) is 19.3 Å². The van der Waals surface area contributed by atoms with Gasteiger partial charge in [0.05, 0.1) is 11.8 Å². The number of benzene rings is 1. The van der Waals surface area contributed by atoms with Crippen LogP contribution in [0, 0.1) is 18.6 Å². The quantitative estimate of drug-likeness (QED) is 0.449. The van der Waals surface area contributed by atoms with Crippen molar-refractivity contribution in [2.45, 2.75) is 30.8 Å². The molecule has 0 saturated heterocycles. The van der Waals surface area contributed by atoms with Crippen molar-refractivity contribution >= 4 is 11.8 Å². The van der Waals surface area contributed by atoms with Gasteiger partial charge in [-0.3, -0.25) is 4.57 Å². The van der Waals surface area contributed by atoms with Crippen molar-refractivity contribution in [2.24, 2.45) is 0 Å². The molecule has 3 rings (SSSR count). The van der Waals surface area contributed by atoms with E-state index in [-0.39, 0.29) is 5.25 Å². The van der Waals surface area contributed by atoms with Crippen LogP contribution in [0.25, 0.3) is 11.4 Å². The lowest BCUT2D eigenvalue weighted by Gasteiger charge is -2.13. The molecule has 0 aliphatic heterocycles. The summed E-state index contributed by atoms with van der Waals surface area (Å²) in [7, 11) is 0. The second-order valence-electron chi connectivity index (χ2n) is 5.52. The Bertz CT molecular complexity index is 904. The summed E-state index contributed by atoms with van der Waals surface area (Å²) in [6, 6.07) is 5.28. The second-order valence-corrected chi connectivity index (χ2v) is 6.83. The average molecular weight is 361 g/mol. The van der Waals surface area contributed by atoms with Gasteiger partial charge in [-0.15, -0.1) is 16.8 Å². The first-order valence-corrected chi connectivity index (χ1v) is 8.59. The Balaban J connectivity index is 1.95. The molecule has 4 nitrogen and oxygen atoms in total. The Morgan fingerprint density at radius 3 is 2.80 bits per heavy atom. The van der Waals surface area contributed by atoms with Crippen molar-refractivity contribution < 1.29 is 13.2 Å². The maximum atomic E-state index is 14.0. The summed E-state index contributed by atoms with van der Waals surface area (Å²) in [5.41, 5.74) is 1.13. The lowest BCUT2D eigenvalue weighted by atomic mass is 10.1. The summed E-state index contributed by atoms with van der Waals surface area (Å²) < 4.78 is 34.7. The van der Waals surface area contributed by atoms with E-state index >= 15 is 0 Å². The summed E-state index contributed by atoms with van der Waals surface area (Å²) in [4.78, 5) is 0. The van der Waals surface area contributed by atoms with Gasteiger partial charge in [0.1, 0.15) is 17.4 Å². The van der Waals surface area contributed by atoms with Crippen LogP contribution in [-0.2, 0) is 6.54 Å². The van der Waals surface area contributed by atoms with Gasteiger partial charge in [0.25, 0.3) is 0 Å². The monoisotopic (exact) mass is 361 g/mol. The third-order valence-corrected chi connectivity index (χ3v) is 4.93. The number of allylic oxidation sites excluding steroid dienone is 1. The van der Waals surface area contributed by atoms with E-state index in [0.717, 1.165) is 23.5 Å². The van der Waals surface area contributed by atoms with Gasteiger partial charge in [-0.1, -0.05) is 17.8 Å². The van der Waals surface area contributed by atoms with Gasteiger partial charge in [0.15, 0.2) is 11.0 Å². The van der Waals surface area contributed by atoms with Gasteiger partial charge in [0.2, 0.25) is 0 Å². The maximum Gasteiger partial charge on any atom is 0.192 e. The number of hydrogen-bond acceptors (Lipinski definition) is 4. The third kappa shape index (κ3) is 3.51. The molecule has 3 aromatic rings. The normalized spacial score (nSPS) is 12.3. The average Bonchev–Trinajstić information content (AvgIpc) is 3.16. The number of halogens is 2. The third-order valence-electron chi connectivity index (χ3n) is 3.81. The number of aryl methyl sites for hydroxylation is 1. The number of aromatic nitrogens is 3. The zero-order valence-electron chi connectivity index (χ0n) is 13.9. The summed E-state index contributed by atoms with van der Waals surface area (Å²) in [5.74, 6) is 0.479. The van der Waals surface area contributed by atoms with Crippen LogP contribution >= 0.6 is 11.8 Å². The van der Waals surface area contributed by atoms with Crippen LogP contribution in [0.2, 0.25) is 0 Å². The van der Waals surface area contributed by atoms with Crippen LogP contribution < -0.4 is 0 Å². The zero-order chi connectivity index (χ0) is 18.0. The molecule has 0 amide bonds. The minimum absolute atomic E-state index is 0.291. The smallest absolute Gasteiger partial charge is 0.192 e. The highest BCUT2D eigenvalue weighted by Crippen LogP contribution is 2.37. The van der Waals surface area contributed by atoms with Crippen LogP contribution in [0.4, 0.5) is 8.78 Å². The molecule has 130 valence electrons. The Morgan fingerprint density at radius 1 is 1.32 bits per heavy atom. The molecule has 2 aromatic heterocycles. The van der Waals surface area contributed by atoms with E-state index in [1.807, 2.05) is 17.6 Å². The fraction of sp³-hybridized carbons (Fsp3) is 0.222. The van der Waals surface area contributed by atoms with Crippen molar-refractivity contribution in [1.29, 1.82) is 0 Å². The van der Waals surface area contributed by atoms with Gasteiger partial charge in [-0.25, -0.2) is 8.78 Å². The Morgan fingerprint density at radius 2 is 2.12 bits per heavy atom. The molecular weight excluding hydrogens is 344 g/mol. The van der Waals surface area contributed by atoms with Gasteiger partial charge in [-0.2, -0.15) is 0 Å². The molecule has 1 unspecified atom stereocenters. The highest BCUT2D eigenvalue weighted by Gasteiger charge is 2.20. The highest BCUT2D eigenvalue weighted by atomic mass is 32.2. The van der Waals surface area contributed by atoms with Crippen molar-refractivity contribution in [3.05, 3.63) is 66.1 Å². The molecule has 25 heavy (non-hydrogen) atoms. The van der Waals surface area contributed by atoms with Crippen LogP contribution in [0.3, 0.4) is 0 Å². The topological polar surface area (TPSA) is 43.9 Å².